The van der Waals surface area contributed by atoms with Crippen molar-refractivity contribution in [2.75, 3.05) is 0 Å². The molecule has 0 fully saturated rings. The van der Waals surface area contributed by atoms with E-state index >= 15 is 0 Å². The fourth-order valence-electron chi connectivity index (χ4n) is 2.70. The summed E-state index contributed by atoms with van der Waals surface area (Å²) in [5, 5.41) is 0. The molecule has 1 aromatic rings. The zero-order chi connectivity index (χ0) is 14.9. The Morgan fingerprint density at radius 2 is 1.75 bits per heavy atom. The third-order valence-corrected chi connectivity index (χ3v) is 3.79. The number of rotatable bonds is 2. The van der Waals surface area contributed by atoms with Gasteiger partial charge in [-0.25, -0.2) is 0 Å². The first-order valence-corrected chi connectivity index (χ1v) is 7.34. The normalized spacial score (nSPS) is 19.9. The maximum Gasteiger partial charge on any atom is 0.0524 e. The lowest BCUT2D eigenvalue weighted by molar-refractivity contribution is 0.586. The van der Waals surface area contributed by atoms with Crippen molar-refractivity contribution in [1.29, 1.82) is 0 Å². The van der Waals surface area contributed by atoms with Crippen molar-refractivity contribution >= 4 is 11.8 Å². The molecule has 20 heavy (non-hydrogen) atoms. The number of allylic oxidation sites excluding steroid dienone is 4. The van der Waals surface area contributed by atoms with Gasteiger partial charge in [0.15, 0.2) is 0 Å². The summed E-state index contributed by atoms with van der Waals surface area (Å²) in [4.78, 5) is 4.66. The summed E-state index contributed by atoms with van der Waals surface area (Å²) in [5.41, 5.74) is 6.75. The van der Waals surface area contributed by atoms with Gasteiger partial charge in [-0.3, -0.25) is 4.99 Å². The van der Waals surface area contributed by atoms with Gasteiger partial charge in [0.1, 0.15) is 0 Å². The largest absolute Gasteiger partial charge is 0.287 e. The maximum atomic E-state index is 4.66. The van der Waals surface area contributed by atoms with E-state index in [1.165, 1.54) is 27.8 Å². The number of hydrogen-bond donors (Lipinski definition) is 0. The van der Waals surface area contributed by atoms with Crippen molar-refractivity contribution in [3.63, 3.8) is 0 Å². The SMILES string of the molecule is CC1=CC(C)C(c2ccccc2/C=N/C(C)(C)C)=C1C. The van der Waals surface area contributed by atoms with Gasteiger partial charge in [0, 0.05) is 12.1 Å². The maximum absolute atomic E-state index is 4.66. The van der Waals surface area contributed by atoms with Crippen LogP contribution in [0.15, 0.2) is 46.5 Å². The Kier molecular flexibility index (Phi) is 3.99. The van der Waals surface area contributed by atoms with Crippen LogP contribution in [0.3, 0.4) is 0 Å². The first-order chi connectivity index (χ1) is 9.29. The predicted octanol–water partition coefficient (Wildman–Crippen LogP) is 5.27. The molecule has 0 saturated carbocycles. The summed E-state index contributed by atoms with van der Waals surface area (Å²) < 4.78 is 0. The molecule has 0 aromatic heterocycles. The van der Waals surface area contributed by atoms with Crippen LogP contribution in [0, 0.1) is 5.92 Å². The Morgan fingerprint density at radius 1 is 1.10 bits per heavy atom. The van der Waals surface area contributed by atoms with E-state index in [1.807, 2.05) is 6.21 Å². The van der Waals surface area contributed by atoms with E-state index in [-0.39, 0.29) is 5.54 Å². The van der Waals surface area contributed by atoms with Gasteiger partial charge in [0.05, 0.1) is 5.54 Å². The van der Waals surface area contributed by atoms with E-state index in [0.29, 0.717) is 5.92 Å². The predicted molar refractivity (Wildman–Crippen MR) is 89.3 cm³/mol. The molecule has 1 nitrogen and oxygen atoms in total. The zero-order valence-corrected chi connectivity index (χ0v) is 13.5. The van der Waals surface area contributed by atoms with Crippen LogP contribution < -0.4 is 0 Å². The lowest BCUT2D eigenvalue weighted by atomic mass is 9.91. The molecule has 0 heterocycles. The second-order valence-corrected chi connectivity index (χ2v) is 6.69. The van der Waals surface area contributed by atoms with Crippen LogP contribution in [0.25, 0.3) is 5.57 Å². The van der Waals surface area contributed by atoms with Gasteiger partial charge in [0.25, 0.3) is 0 Å². The number of nitrogens with zero attached hydrogens (tertiary/aromatic N) is 1. The summed E-state index contributed by atoms with van der Waals surface area (Å²) in [5.74, 6) is 0.485. The number of aliphatic imine (C=N–C) groups is 1. The van der Waals surface area contributed by atoms with Crippen molar-refractivity contribution in [2.24, 2.45) is 10.9 Å². The monoisotopic (exact) mass is 267 g/mol. The second-order valence-electron chi connectivity index (χ2n) is 6.69. The average molecular weight is 267 g/mol. The van der Waals surface area contributed by atoms with Gasteiger partial charge < -0.3 is 0 Å². The fraction of sp³-hybridized carbons (Fsp3) is 0.421. The number of hydrogen-bond acceptors (Lipinski definition) is 1. The number of benzene rings is 1. The third-order valence-electron chi connectivity index (χ3n) is 3.79. The minimum Gasteiger partial charge on any atom is -0.287 e. The second kappa shape index (κ2) is 5.40. The molecule has 0 spiro atoms. The molecular weight excluding hydrogens is 242 g/mol. The zero-order valence-electron chi connectivity index (χ0n) is 13.5. The van der Waals surface area contributed by atoms with Crippen LogP contribution in [-0.2, 0) is 0 Å². The average Bonchev–Trinajstić information content (AvgIpc) is 2.60. The van der Waals surface area contributed by atoms with E-state index in [9.17, 15) is 0 Å². The van der Waals surface area contributed by atoms with Gasteiger partial charge in [-0.15, -0.1) is 0 Å². The van der Waals surface area contributed by atoms with Crippen LogP contribution in [0.4, 0.5) is 0 Å². The van der Waals surface area contributed by atoms with Crippen molar-refractivity contribution < 1.29 is 0 Å². The highest BCUT2D eigenvalue weighted by molar-refractivity contribution is 5.91. The molecule has 1 atom stereocenters. The van der Waals surface area contributed by atoms with Crippen LogP contribution in [0.5, 0.6) is 0 Å². The van der Waals surface area contributed by atoms with Crippen molar-refractivity contribution in [1.82, 2.24) is 0 Å². The van der Waals surface area contributed by atoms with Crippen LogP contribution in [0.2, 0.25) is 0 Å². The molecule has 0 amide bonds. The van der Waals surface area contributed by atoms with Crippen molar-refractivity contribution in [2.45, 2.75) is 47.1 Å². The molecule has 2 rings (SSSR count). The van der Waals surface area contributed by atoms with E-state index in [0.717, 1.165) is 0 Å². The molecule has 0 radical (unpaired) electrons. The lowest BCUT2D eigenvalue weighted by Crippen LogP contribution is -2.10. The first kappa shape index (κ1) is 14.8. The molecule has 106 valence electrons. The van der Waals surface area contributed by atoms with E-state index in [2.05, 4.69) is 76.9 Å². The molecule has 1 heteroatoms. The Morgan fingerprint density at radius 3 is 2.30 bits per heavy atom. The molecule has 0 N–H and O–H groups in total. The fourth-order valence-corrected chi connectivity index (χ4v) is 2.70. The Labute approximate surface area is 123 Å². The summed E-state index contributed by atoms with van der Waals surface area (Å²) in [6.07, 6.45) is 4.37. The molecule has 0 aliphatic heterocycles. The Bertz CT molecular complexity index is 594. The van der Waals surface area contributed by atoms with Crippen LogP contribution >= 0.6 is 0 Å². The van der Waals surface area contributed by atoms with E-state index in [4.69, 9.17) is 0 Å². The highest BCUT2D eigenvalue weighted by Gasteiger charge is 2.21. The Hall–Kier alpha value is -1.63. The van der Waals surface area contributed by atoms with Crippen LogP contribution in [-0.4, -0.2) is 11.8 Å². The summed E-state index contributed by atoms with van der Waals surface area (Å²) in [6, 6.07) is 8.57. The third kappa shape index (κ3) is 3.09. The highest BCUT2D eigenvalue weighted by Crippen LogP contribution is 2.38. The molecule has 0 bridgehead atoms. The van der Waals surface area contributed by atoms with Gasteiger partial charge in [-0.05, 0) is 56.9 Å². The first-order valence-electron chi connectivity index (χ1n) is 7.34. The summed E-state index contributed by atoms with van der Waals surface area (Å²) in [6.45, 7) is 13.1. The summed E-state index contributed by atoms with van der Waals surface area (Å²) >= 11 is 0. The van der Waals surface area contributed by atoms with E-state index in [1.54, 1.807) is 0 Å². The van der Waals surface area contributed by atoms with Gasteiger partial charge in [-0.1, -0.05) is 42.8 Å². The standard InChI is InChI=1S/C19H25N/c1-13-11-14(2)18(15(13)3)17-10-8-7-9-16(17)12-20-19(4,5)6/h7-12,14H,1-6H3/b20-12+. The van der Waals surface area contributed by atoms with Gasteiger partial charge >= 0.3 is 0 Å². The van der Waals surface area contributed by atoms with Crippen molar-refractivity contribution in [3.05, 3.63) is 52.6 Å². The molecule has 0 saturated heterocycles. The van der Waals surface area contributed by atoms with E-state index < -0.39 is 0 Å². The quantitative estimate of drug-likeness (QED) is 0.647. The highest BCUT2D eigenvalue weighted by atomic mass is 14.8. The van der Waals surface area contributed by atoms with Gasteiger partial charge in [0.2, 0.25) is 0 Å². The molecular formula is C19H25N. The minimum absolute atomic E-state index is 0.0357. The van der Waals surface area contributed by atoms with Gasteiger partial charge in [-0.2, -0.15) is 0 Å². The van der Waals surface area contributed by atoms with Crippen molar-refractivity contribution in [3.8, 4) is 0 Å². The smallest absolute Gasteiger partial charge is 0.0524 e. The molecule has 1 unspecified atom stereocenters. The van der Waals surface area contributed by atoms with Crippen LogP contribution in [0.1, 0.15) is 52.7 Å². The topological polar surface area (TPSA) is 12.4 Å². The Balaban J connectivity index is 2.48. The lowest BCUT2D eigenvalue weighted by Gasteiger charge is -2.15. The summed E-state index contributed by atoms with van der Waals surface area (Å²) in [7, 11) is 0. The minimum atomic E-state index is -0.0357. The molecule has 1 aliphatic rings. The molecule has 1 aromatic carbocycles. The molecule has 1 aliphatic carbocycles.